The Balaban J connectivity index is 1.83. The molecule has 0 bridgehead atoms. The maximum absolute atomic E-state index is 13.5. The predicted molar refractivity (Wildman–Crippen MR) is 71.7 cm³/mol. The summed E-state index contributed by atoms with van der Waals surface area (Å²) in [5, 5.41) is 9.99. The number of aliphatic hydroxyl groups is 1. The van der Waals surface area contributed by atoms with Crippen molar-refractivity contribution in [1.29, 1.82) is 0 Å². The highest BCUT2D eigenvalue weighted by atomic mass is 35.5. The maximum Gasteiger partial charge on any atom is 0.142 e. The van der Waals surface area contributed by atoms with E-state index in [4.69, 9.17) is 16.3 Å². The van der Waals surface area contributed by atoms with Gasteiger partial charge >= 0.3 is 0 Å². The molecule has 0 aromatic heterocycles. The van der Waals surface area contributed by atoms with Gasteiger partial charge in [0.05, 0.1) is 17.7 Å². The second-order valence-corrected chi connectivity index (χ2v) is 6.23. The number of rotatable bonds is 4. The average Bonchev–Trinajstić information content (AvgIpc) is 3.16. The first kappa shape index (κ1) is 13.3. The van der Waals surface area contributed by atoms with Gasteiger partial charge in [0, 0.05) is 12.0 Å². The van der Waals surface area contributed by atoms with Crippen molar-refractivity contribution in [3.8, 4) is 0 Å². The van der Waals surface area contributed by atoms with Crippen molar-refractivity contribution in [2.24, 2.45) is 11.3 Å². The van der Waals surface area contributed by atoms with Crippen LogP contribution in [0, 0.1) is 17.2 Å². The van der Waals surface area contributed by atoms with Gasteiger partial charge in [-0.15, -0.1) is 0 Å². The lowest BCUT2D eigenvalue weighted by molar-refractivity contribution is 0.000555. The molecule has 1 aromatic rings. The van der Waals surface area contributed by atoms with Crippen molar-refractivity contribution in [3.05, 3.63) is 34.6 Å². The molecule has 104 valence electrons. The summed E-state index contributed by atoms with van der Waals surface area (Å²) < 4.78 is 19.4. The van der Waals surface area contributed by atoms with Crippen LogP contribution in [0.25, 0.3) is 0 Å². The molecule has 1 N–H and O–H groups in total. The third-order valence-electron chi connectivity index (χ3n) is 4.41. The Morgan fingerprint density at radius 3 is 2.84 bits per heavy atom. The Hall–Kier alpha value is -0.640. The van der Waals surface area contributed by atoms with Gasteiger partial charge in [-0.3, -0.25) is 0 Å². The van der Waals surface area contributed by atoms with Crippen LogP contribution in [0.4, 0.5) is 4.39 Å². The lowest BCUT2D eigenvalue weighted by Crippen LogP contribution is -2.38. The Labute approximate surface area is 117 Å². The molecule has 1 aromatic carbocycles. The standard InChI is InChI=1S/C15H18ClFO2/c16-12-4-1-10(7-13(12)17)8-15(9-18)5-6-19-14(15)11-2-3-11/h1,4,7,11,14,18H,2-3,5-6,8-9H2. The Kier molecular flexibility index (Phi) is 3.54. The molecular formula is C15H18ClFO2. The molecule has 1 aliphatic heterocycles. The van der Waals surface area contributed by atoms with Crippen LogP contribution in [0.15, 0.2) is 18.2 Å². The van der Waals surface area contributed by atoms with Crippen molar-refractivity contribution in [2.75, 3.05) is 13.2 Å². The first-order valence-electron chi connectivity index (χ1n) is 6.81. The van der Waals surface area contributed by atoms with E-state index in [2.05, 4.69) is 0 Å². The smallest absolute Gasteiger partial charge is 0.142 e. The van der Waals surface area contributed by atoms with E-state index in [1.54, 1.807) is 6.07 Å². The monoisotopic (exact) mass is 284 g/mol. The summed E-state index contributed by atoms with van der Waals surface area (Å²) in [5.41, 5.74) is 0.633. The molecular weight excluding hydrogens is 267 g/mol. The van der Waals surface area contributed by atoms with E-state index in [0.29, 0.717) is 18.9 Å². The molecule has 2 nitrogen and oxygen atoms in total. The fourth-order valence-electron chi connectivity index (χ4n) is 3.21. The van der Waals surface area contributed by atoms with Crippen molar-refractivity contribution >= 4 is 11.6 Å². The van der Waals surface area contributed by atoms with Crippen LogP contribution < -0.4 is 0 Å². The number of aliphatic hydroxyl groups excluding tert-OH is 1. The molecule has 2 fully saturated rings. The first-order valence-corrected chi connectivity index (χ1v) is 7.19. The zero-order valence-corrected chi connectivity index (χ0v) is 11.5. The molecule has 1 saturated heterocycles. The minimum absolute atomic E-state index is 0.0956. The number of halogens is 2. The number of hydrogen-bond acceptors (Lipinski definition) is 2. The van der Waals surface area contributed by atoms with Gasteiger partial charge in [-0.05, 0) is 49.3 Å². The quantitative estimate of drug-likeness (QED) is 0.920. The van der Waals surface area contributed by atoms with E-state index < -0.39 is 5.82 Å². The van der Waals surface area contributed by atoms with Gasteiger partial charge in [0.2, 0.25) is 0 Å². The largest absolute Gasteiger partial charge is 0.396 e. The Morgan fingerprint density at radius 2 is 2.21 bits per heavy atom. The summed E-state index contributed by atoms with van der Waals surface area (Å²) in [6.07, 6.45) is 3.98. The van der Waals surface area contributed by atoms with Gasteiger partial charge in [-0.2, -0.15) is 0 Å². The molecule has 2 unspecified atom stereocenters. The highest BCUT2D eigenvalue weighted by Gasteiger charge is 2.50. The van der Waals surface area contributed by atoms with E-state index in [1.165, 1.54) is 18.9 Å². The van der Waals surface area contributed by atoms with Gasteiger partial charge in [0.25, 0.3) is 0 Å². The summed E-state index contributed by atoms with van der Waals surface area (Å²) in [7, 11) is 0. The second kappa shape index (κ2) is 5.04. The number of hydrogen-bond donors (Lipinski definition) is 1. The molecule has 2 aliphatic rings. The van der Waals surface area contributed by atoms with Crippen LogP contribution in [0.3, 0.4) is 0 Å². The number of ether oxygens (including phenoxy) is 1. The molecule has 2 atom stereocenters. The van der Waals surface area contributed by atoms with Gasteiger partial charge < -0.3 is 9.84 Å². The van der Waals surface area contributed by atoms with E-state index >= 15 is 0 Å². The van der Waals surface area contributed by atoms with Crippen LogP contribution in [0.2, 0.25) is 5.02 Å². The second-order valence-electron chi connectivity index (χ2n) is 5.82. The third-order valence-corrected chi connectivity index (χ3v) is 4.71. The van der Waals surface area contributed by atoms with Crippen molar-refractivity contribution in [2.45, 2.75) is 31.8 Å². The van der Waals surface area contributed by atoms with Crippen LogP contribution in [-0.2, 0) is 11.2 Å². The lowest BCUT2D eigenvalue weighted by atomic mass is 9.75. The van der Waals surface area contributed by atoms with E-state index in [-0.39, 0.29) is 23.1 Å². The molecule has 1 heterocycles. The summed E-state index contributed by atoms with van der Waals surface area (Å²) in [6.45, 7) is 0.788. The van der Waals surface area contributed by atoms with Crippen molar-refractivity contribution < 1.29 is 14.2 Å². The molecule has 3 rings (SSSR count). The molecule has 0 amide bonds. The fourth-order valence-corrected chi connectivity index (χ4v) is 3.33. The summed E-state index contributed by atoms with van der Waals surface area (Å²) in [5.74, 6) is 0.181. The third kappa shape index (κ3) is 2.51. The fraction of sp³-hybridized carbons (Fsp3) is 0.600. The highest BCUT2D eigenvalue weighted by molar-refractivity contribution is 6.30. The molecule has 19 heavy (non-hydrogen) atoms. The minimum atomic E-state index is -0.394. The summed E-state index contributed by atoms with van der Waals surface area (Å²) in [4.78, 5) is 0. The van der Waals surface area contributed by atoms with Gasteiger partial charge in [-0.25, -0.2) is 4.39 Å². The van der Waals surface area contributed by atoms with Gasteiger partial charge in [0.1, 0.15) is 5.82 Å². The van der Waals surface area contributed by atoms with Crippen LogP contribution in [0.5, 0.6) is 0 Å². The van der Waals surface area contributed by atoms with Gasteiger partial charge in [-0.1, -0.05) is 17.7 Å². The van der Waals surface area contributed by atoms with Gasteiger partial charge in [0.15, 0.2) is 0 Å². The maximum atomic E-state index is 13.5. The number of benzene rings is 1. The molecule has 0 spiro atoms. The minimum Gasteiger partial charge on any atom is -0.396 e. The van der Waals surface area contributed by atoms with E-state index in [0.717, 1.165) is 12.0 Å². The van der Waals surface area contributed by atoms with Crippen molar-refractivity contribution in [3.63, 3.8) is 0 Å². The zero-order chi connectivity index (χ0) is 13.5. The van der Waals surface area contributed by atoms with Crippen LogP contribution in [0.1, 0.15) is 24.8 Å². The van der Waals surface area contributed by atoms with E-state index in [1.807, 2.05) is 6.07 Å². The first-order chi connectivity index (χ1) is 9.14. The molecule has 4 heteroatoms. The predicted octanol–water partition coefficient (Wildman–Crippen LogP) is 3.20. The topological polar surface area (TPSA) is 29.5 Å². The average molecular weight is 285 g/mol. The van der Waals surface area contributed by atoms with E-state index in [9.17, 15) is 9.50 Å². The molecule has 1 saturated carbocycles. The summed E-state index contributed by atoms with van der Waals surface area (Å²) in [6, 6.07) is 4.90. The van der Waals surface area contributed by atoms with Crippen LogP contribution >= 0.6 is 11.6 Å². The Bertz CT molecular complexity index is 475. The Morgan fingerprint density at radius 1 is 1.42 bits per heavy atom. The SMILES string of the molecule is OCC1(Cc2ccc(Cl)c(F)c2)CCOC1C1CC1. The normalized spacial score (nSPS) is 30.8. The van der Waals surface area contributed by atoms with Crippen molar-refractivity contribution in [1.82, 2.24) is 0 Å². The highest BCUT2D eigenvalue weighted by Crippen LogP contribution is 2.49. The lowest BCUT2D eigenvalue weighted by Gasteiger charge is -2.32. The zero-order valence-electron chi connectivity index (χ0n) is 10.7. The summed E-state index contributed by atoms with van der Waals surface area (Å²) >= 11 is 5.71. The van der Waals surface area contributed by atoms with Crippen LogP contribution in [-0.4, -0.2) is 24.4 Å². The molecule has 0 radical (unpaired) electrons. The molecule has 1 aliphatic carbocycles.